The summed E-state index contributed by atoms with van der Waals surface area (Å²) in [6.07, 6.45) is 13.1. The molecule has 2 atom stereocenters. The van der Waals surface area contributed by atoms with E-state index in [4.69, 9.17) is 0 Å². The first-order valence-corrected chi connectivity index (χ1v) is 7.00. The number of carbonyl (C=O) groups excluding carboxylic acids is 1. The van der Waals surface area contributed by atoms with Crippen LogP contribution in [0, 0.1) is 11.8 Å². The van der Waals surface area contributed by atoms with Crippen molar-refractivity contribution in [3.8, 4) is 0 Å². The third-order valence-electron chi connectivity index (χ3n) is 4.16. The van der Waals surface area contributed by atoms with E-state index in [1.165, 1.54) is 32.1 Å². The molecule has 90 valence electrons. The summed E-state index contributed by atoms with van der Waals surface area (Å²) in [5.74, 6) is 1.61. The highest BCUT2D eigenvalue weighted by atomic mass is 16.1. The van der Waals surface area contributed by atoms with Gasteiger partial charge in [0, 0.05) is 5.92 Å². The fourth-order valence-corrected chi connectivity index (χ4v) is 3.17. The summed E-state index contributed by atoms with van der Waals surface area (Å²) in [6, 6.07) is 0. The molecule has 0 aromatic carbocycles. The van der Waals surface area contributed by atoms with Gasteiger partial charge in [0.05, 0.1) is 0 Å². The maximum absolute atomic E-state index is 12.4. The van der Waals surface area contributed by atoms with Gasteiger partial charge in [-0.1, -0.05) is 32.3 Å². The summed E-state index contributed by atoms with van der Waals surface area (Å²) in [6.45, 7) is 2.29. The largest absolute Gasteiger partial charge is 0.294 e. The number of ketones is 1. The molecule has 0 aliphatic heterocycles. The number of allylic oxidation sites excluding steroid dienone is 2. The summed E-state index contributed by atoms with van der Waals surface area (Å²) in [5.41, 5.74) is 1.16. The summed E-state index contributed by atoms with van der Waals surface area (Å²) in [5, 5.41) is 0. The topological polar surface area (TPSA) is 17.1 Å². The zero-order valence-electron chi connectivity index (χ0n) is 10.5. The van der Waals surface area contributed by atoms with Crippen molar-refractivity contribution in [1.82, 2.24) is 0 Å². The van der Waals surface area contributed by atoms with Crippen LogP contribution in [-0.4, -0.2) is 5.78 Å². The molecular weight excluding hydrogens is 196 g/mol. The molecule has 0 aromatic heterocycles. The third kappa shape index (κ3) is 2.96. The molecule has 0 aromatic rings. The zero-order valence-corrected chi connectivity index (χ0v) is 10.5. The van der Waals surface area contributed by atoms with E-state index < -0.39 is 0 Å². The van der Waals surface area contributed by atoms with Crippen LogP contribution in [0.25, 0.3) is 0 Å². The zero-order chi connectivity index (χ0) is 11.4. The Bertz CT molecular complexity index is 277. The van der Waals surface area contributed by atoms with Crippen molar-refractivity contribution in [2.45, 2.75) is 64.7 Å². The molecule has 2 aliphatic carbocycles. The van der Waals surface area contributed by atoms with E-state index >= 15 is 0 Å². The van der Waals surface area contributed by atoms with Gasteiger partial charge in [-0.2, -0.15) is 0 Å². The number of Topliss-reactive ketones (excluding diaryl/α,β-unsaturated/α-hetero) is 1. The number of carbonyl (C=O) groups is 1. The van der Waals surface area contributed by atoms with Crippen LogP contribution < -0.4 is 0 Å². The Balaban J connectivity index is 1.97. The highest BCUT2D eigenvalue weighted by Gasteiger charge is 2.26. The minimum Gasteiger partial charge on any atom is -0.294 e. The lowest BCUT2D eigenvalue weighted by molar-refractivity contribution is -0.120. The summed E-state index contributed by atoms with van der Waals surface area (Å²) in [4.78, 5) is 12.4. The molecule has 1 fully saturated rings. The molecule has 2 unspecified atom stereocenters. The van der Waals surface area contributed by atoms with Crippen molar-refractivity contribution >= 4 is 5.78 Å². The summed E-state index contributed by atoms with van der Waals surface area (Å²) < 4.78 is 0. The molecule has 16 heavy (non-hydrogen) atoms. The molecule has 1 nitrogen and oxygen atoms in total. The standard InChI is InChI=1S/C15H24O/c1-12-7-6-10-14(11-12)15(16)13-8-4-2-3-5-9-13/h8,12,14H,2-7,9-11H2,1H3. The lowest BCUT2D eigenvalue weighted by Gasteiger charge is -2.26. The minimum absolute atomic E-state index is 0.355. The number of hydrogen-bond donors (Lipinski definition) is 0. The molecule has 0 bridgehead atoms. The van der Waals surface area contributed by atoms with Crippen LogP contribution in [0.5, 0.6) is 0 Å². The number of rotatable bonds is 2. The van der Waals surface area contributed by atoms with E-state index in [1.54, 1.807) is 0 Å². The lowest BCUT2D eigenvalue weighted by atomic mass is 9.78. The van der Waals surface area contributed by atoms with E-state index in [1.807, 2.05) is 0 Å². The van der Waals surface area contributed by atoms with Crippen LogP contribution in [-0.2, 0) is 4.79 Å². The normalized spacial score (nSPS) is 31.7. The Labute approximate surface area is 99.3 Å². The van der Waals surface area contributed by atoms with Gasteiger partial charge in [0.15, 0.2) is 5.78 Å². The van der Waals surface area contributed by atoms with E-state index in [-0.39, 0.29) is 0 Å². The predicted molar refractivity (Wildman–Crippen MR) is 67.3 cm³/mol. The Hall–Kier alpha value is -0.590. The van der Waals surface area contributed by atoms with Crippen molar-refractivity contribution in [2.75, 3.05) is 0 Å². The van der Waals surface area contributed by atoms with Gasteiger partial charge in [0.2, 0.25) is 0 Å². The molecule has 0 spiro atoms. The highest BCUT2D eigenvalue weighted by molar-refractivity contribution is 5.97. The molecule has 0 radical (unpaired) electrons. The van der Waals surface area contributed by atoms with Gasteiger partial charge < -0.3 is 0 Å². The van der Waals surface area contributed by atoms with E-state index in [2.05, 4.69) is 13.0 Å². The van der Waals surface area contributed by atoms with Crippen LogP contribution in [0.2, 0.25) is 0 Å². The van der Waals surface area contributed by atoms with Crippen molar-refractivity contribution < 1.29 is 4.79 Å². The monoisotopic (exact) mass is 220 g/mol. The lowest BCUT2D eigenvalue weighted by Crippen LogP contribution is -2.23. The van der Waals surface area contributed by atoms with Crippen LogP contribution in [0.15, 0.2) is 11.6 Å². The Morgan fingerprint density at radius 3 is 2.88 bits per heavy atom. The van der Waals surface area contributed by atoms with Crippen LogP contribution in [0.3, 0.4) is 0 Å². The average molecular weight is 220 g/mol. The molecule has 1 saturated carbocycles. The molecule has 0 heterocycles. The van der Waals surface area contributed by atoms with Gasteiger partial charge in [-0.3, -0.25) is 4.79 Å². The first-order valence-electron chi connectivity index (χ1n) is 7.00. The van der Waals surface area contributed by atoms with Crippen molar-refractivity contribution in [2.24, 2.45) is 11.8 Å². The Kier molecular flexibility index (Phi) is 4.20. The maximum Gasteiger partial charge on any atom is 0.161 e. The second-order valence-corrected chi connectivity index (χ2v) is 5.66. The first-order chi connectivity index (χ1) is 7.77. The summed E-state index contributed by atoms with van der Waals surface area (Å²) >= 11 is 0. The Morgan fingerprint density at radius 2 is 2.06 bits per heavy atom. The van der Waals surface area contributed by atoms with Crippen LogP contribution in [0.1, 0.15) is 64.7 Å². The Morgan fingerprint density at radius 1 is 1.19 bits per heavy atom. The number of hydrogen-bond acceptors (Lipinski definition) is 1. The molecule has 2 rings (SSSR count). The smallest absolute Gasteiger partial charge is 0.161 e. The molecule has 0 saturated heterocycles. The summed E-state index contributed by atoms with van der Waals surface area (Å²) in [7, 11) is 0. The van der Waals surface area contributed by atoms with Gasteiger partial charge in [-0.05, 0) is 50.0 Å². The fourth-order valence-electron chi connectivity index (χ4n) is 3.17. The van der Waals surface area contributed by atoms with Gasteiger partial charge in [-0.15, -0.1) is 0 Å². The van der Waals surface area contributed by atoms with Gasteiger partial charge in [0.1, 0.15) is 0 Å². The molecule has 1 heteroatoms. The van der Waals surface area contributed by atoms with E-state index in [0.29, 0.717) is 11.7 Å². The first kappa shape index (κ1) is 11.9. The van der Waals surface area contributed by atoms with Crippen molar-refractivity contribution in [1.29, 1.82) is 0 Å². The SMILES string of the molecule is CC1CCCC(C(=O)C2=CCCCCC2)C1. The fraction of sp³-hybridized carbons (Fsp3) is 0.800. The van der Waals surface area contributed by atoms with E-state index in [9.17, 15) is 4.79 Å². The van der Waals surface area contributed by atoms with Crippen LogP contribution in [0.4, 0.5) is 0 Å². The van der Waals surface area contributed by atoms with Crippen molar-refractivity contribution in [3.05, 3.63) is 11.6 Å². The van der Waals surface area contributed by atoms with Crippen LogP contribution >= 0.6 is 0 Å². The second kappa shape index (κ2) is 5.65. The van der Waals surface area contributed by atoms with Gasteiger partial charge in [0.25, 0.3) is 0 Å². The van der Waals surface area contributed by atoms with E-state index in [0.717, 1.165) is 37.2 Å². The highest BCUT2D eigenvalue weighted by Crippen LogP contribution is 2.32. The maximum atomic E-state index is 12.4. The van der Waals surface area contributed by atoms with Crippen molar-refractivity contribution in [3.63, 3.8) is 0 Å². The molecule has 0 N–H and O–H groups in total. The average Bonchev–Trinajstić information content (AvgIpc) is 2.56. The molecule has 2 aliphatic rings. The molecular formula is C15H24O. The van der Waals surface area contributed by atoms with Gasteiger partial charge in [-0.25, -0.2) is 0 Å². The van der Waals surface area contributed by atoms with Gasteiger partial charge >= 0.3 is 0 Å². The molecule has 0 amide bonds. The third-order valence-corrected chi connectivity index (χ3v) is 4.16. The minimum atomic E-state index is 0.355. The second-order valence-electron chi connectivity index (χ2n) is 5.66. The predicted octanol–water partition coefficient (Wildman–Crippen LogP) is 4.27. The quantitative estimate of drug-likeness (QED) is 0.679.